The third kappa shape index (κ3) is 2.82. The highest BCUT2D eigenvalue weighted by Crippen LogP contribution is 2.52. The van der Waals surface area contributed by atoms with E-state index in [-0.39, 0.29) is 10.8 Å². The molecule has 0 amide bonds. The van der Waals surface area contributed by atoms with E-state index in [4.69, 9.17) is 0 Å². The van der Waals surface area contributed by atoms with Gasteiger partial charge >= 0.3 is 0 Å². The molecular weight excluding hydrogens is 372 g/mol. The van der Waals surface area contributed by atoms with Crippen LogP contribution >= 0.6 is 0 Å². The molecule has 0 saturated carbocycles. The highest BCUT2D eigenvalue weighted by Gasteiger charge is 2.43. The number of hydrogen-bond acceptors (Lipinski definition) is 0. The van der Waals surface area contributed by atoms with Crippen LogP contribution in [0.1, 0.15) is 44.4 Å². The normalized spacial score (nSPS) is 15.8. The molecule has 0 nitrogen and oxygen atoms in total. The van der Waals surface area contributed by atoms with Crippen molar-refractivity contribution in [1.82, 2.24) is 0 Å². The number of aryl methyl sites for hydroxylation is 1. The van der Waals surface area contributed by atoms with Gasteiger partial charge in [0.15, 0.2) is 0 Å². The highest BCUT2D eigenvalue weighted by atomic mass is 14.5. The molecule has 1 aliphatic rings. The second-order valence-corrected chi connectivity index (χ2v) is 9.88. The van der Waals surface area contributed by atoms with Crippen molar-refractivity contribution in [3.05, 3.63) is 108 Å². The van der Waals surface area contributed by atoms with Gasteiger partial charge in [-0.2, -0.15) is 0 Å². The Morgan fingerprint density at radius 1 is 0.419 bits per heavy atom. The zero-order chi connectivity index (χ0) is 21.8. The van der Waals surface area contributed by atoms with Crippen LogP contribution in [0.4, 0.5) is 0 Å². The molecule has 0 heteroatoms. The van der Waals surface area contributed by atoms with E-state index in [1.165, 1.54) is 50.1 Å². The van der Waals surface area contributed by atoms with Gasteiger partial charge in [0.1, 0.15) is 0 Å². The Balaban J connectivity index is 2.03. The average molecular weight is 403 g/mol. The average Bonchev–Trinajstić information content (AvgIpc) is 2.78. The highest BCUT2D eigenvalue weighted by molar-refractivity contribution is 5.95. The Morgan fingerprint density at radius 3 is 1.42 bits per heavy atom. The largest absolute Gasteiger partial charge is 0.0619 e. The Bertz CT molecular complexity index is 1290. The Hall–Kier alpha value is -3.12. The van der Waals surface area contributed by atoms with E-state index in [1.54, 1.807) is 0 Å². The van der Waals surface area contributed by atoms with Crippen LogP contribution in [0.25, 0.3) is 33.4 Å². The molecule has 0 aromatic heterocycles. The van der Waals surface area contributed by atoms with Gasteiger partial charge in [-0.15, -0.1) is 0 Å². The molecule has 0 spiro atoms. The van der Waals surface area contributed by atoms with Crippen molar-refractivity contribution in [3.63, 3.8) is 0 Å². The number of benzene rings is 4. The van der Waals surface area contributed by atoms with E-state index in [0.717, 1.165) is 0 Å². The fourth-order valence-electron chi connectivity index (χ4n) is 5.39. The molecule has 0 saturated heterocycles. The van der Waals surface area contributed by atoms with Gasteiger partial charge in [-0.1, -0.05) is 119 Å². The lowest BCUT2D eigenvalue weighted by Gasteiger charge is -2.45. The summed E-state index contributed by atoms with van der Waals surface area (Å²) in [5.41, 5.74) is 11.9. The van der Waals surface area contributed by atoms with Crippen LogP contribution in [0.5, 0.6) is 0 Å². The molecular formula is C31H30. The van der Waals surface area contributed by atoms with E-state index in [0.29, 0.717) is 0 Å². The van der Waals surface area contributed by atoms with Gasteiger partial charge in [-0.3, -0.25) is 0 Å². The molecule has 0 N–H and O–H groups in total. The van der Waals surface area contributed by atoms with Gasteiger partial charge in [-0.05, 0) is 67.8 Å². The van der Waals surface area contributed by atoms with Crippen molar-refractivity contribution in [1.29, 1.82) is 0 Å². The molecule has 0 unspecified atom stereocenters. The number of rotatable bonds is 0. The van der Waals surface area contributed by atoms with E-state index >= 15 is 0 Å². The molecule has 4 aromatic carbocycles. The maximum absolute atomic E-state index is 2.41. The Morgan fingerprint density at radius 2 is 0.839 bits per heavy atom. The molecule has 31 heavy (non-hydrogen) atoms. The minimum Gasteiger partial charge on any atom is -0.0619 e. The summed E-state index contributed by atoms with van der Waals surface area (Å²) in [6.07, 6.45) is 0. The molecule has 0 atom stereocenters. The Labute approximate surface area is 186 Å². The van der Waals surface area contributed by atoms with Crippen LogP contribution < -0.4 is 0 Å². The van der Waals surface area contributed by atoms with Crippen molar-refractivity contribution in [2.45, 2.75) is 45.4 Å². The molecule has 154 valence electrons. The first-order chi connectivity index (χ1) is 14.8. The maximum atomic E-state index is 2.41. The fourth-order valence-corrected chi connectivity index (χ4v) is 5.39. The van der Waals surface area contributed by atoms with Crippen LogP contribution in [-0.4, -0.2) is 0 Å². The lowest BCUT2D eigenvalue weighted by Crippen LogP contribution is -2.41. The van der Waals surface area contributed by atoms with Gasteiger partial charge in [0.25, 0.3) is 0 Å². The van der Waals surface area contributed by atoms with Crippen LogP contribution in [-0.2, 0) is 10.8 Å². The molecule has 0 bridgehead atoms. The summed E-state index contributed by atoms with van der Waals surface area (Å²) in [6.45, 7) is 11.9. The lowest BCUT2D eigenvalue weighted by atomic mass is 9.58. The predicted molar refractivity (Wildman–Crippen MR) is 134 cm³/mol. The molecule has 0 aliphatic heterocycles. The van der Waals surface area contributed by atoms with Crippen LogP contribution in [0, 0.1) is 6.92 Å². The summed E-state index contributed by atoms with van der Waals surface area (Å²) >= 11 is 0. The first-order valence-electron chi connectivity index (χ1n) is 11.2. The monoisotopic (exact) mass is 402 g/mol. The topological polar surface area (TPSA) is 0 Å². The van der Waals surface area contributed by atoms with E-state index in [2.05, 4.69) is 126 Å². The first-order valence-corrected chi connectivity index (χ1v) is 11.2. The van der Waals surface area contributed by atoms with Crippen LogP contribution in [0.15, 0.2) is 91.0 Å². The molecule has 5 rings (SSSR count). The number of hydrogen-bond donors (Lipinski definition) is 0. The summed E-state index contributed by atoms with van der Waals surface area (Å²) in [4.78, 5) is 0. The van der Waals surface area contributed by atoms with Crippen molar-refractivity contribution >= 4 is 0 Å². The summed E-state index contributed by atoms with van der Waals surface area (Å²) < 4.78 is 0. The van der Waals surface area contributed by atoms with Gasteiger partial charge < -0.3 is 0 Å². The quantitative estimate of drug-likeness (QED) is 0.276. The second kappa shape index (κ2) is 6.95. The van der Waals surface area contributed by atoms with Crippen LogP contribution in [0.3, 0.4) is 0 Å². The predicted octanol–water partition coefficient (Wildman–Crippen LogP) is 8.56. The molecule has 0 heterocycles. The first kappa shape index (κ1) is 19.8. The summed E-state index contributed by atoms with van der Waals surface area (Å²) in [6, 6.07) is 33.7. The smallest absolute Gasteiger partial charge is 0.000568 e. The fraction of sp³-hybridized carbons (Fsp3) is 0.226. The minimum absolute atomic E-state index is 0.0753. The minimum atomic E-state index is -0.0764. The summed E-state index contributed by atoms with van der Waals surface area (Å²) in [5, 5.41) is 0. The van der Waals surface area contributed by atoms with Crippen molar-refractivity contribution < 1.29 is 0 Å². The van der Waals surface area contributed by atoms with E-state index < -0.39 is 0 Å². The van der Waals surface area contributed by atoms with Gasteiger partial charge in [0, 0.05) is 0 Å². The molecule has 0 fully saturated rings. The maximum Gasteiger partial charge on any atom is -0.000568 e. The lowest BCUT2D eigenvalue weighted by molar-refractivity contribution is 0.304. The number of fused-ring (bicyclic) bond motifs is 7. The zero-order valence-corrected chi connectivity index (χ0v) is 19.2. The SMILES string of the molecule is Cc1cccc2c1-c1ccccc1-c1ccccc1C(C)(C)C(C)(C)c1ccccc1-2. The molecule has 0 radical (unpaired) electrons. The summed E-state index contributed by atoms with van der Waals surface area (Å²) in [5.74, 6) is 0. The van der Waals surface area contributed by atoms with Crippen LogP contribution in [0.2, 0.25) is 0 Å². The van der Waals surface area contributed by atoms with E-state index in [1.807, 2.05) is 0 Å². The second-order valence-electron chi connectivity index (χ2n) is 9.88. The van der Waals surface area contributed by atoms with E-state index in [9.17, 15) is 0 Å². The van der Waals surface area contributed by atoms with Gasteiger partial charge in [0.05, 0.1) is 0 Å². The Kier molecular flexibility index (Phi) is 4.45. The van der Waals surface area contributed by atoms with Crippen molar-refractivity contribution in [2.24, 2.45) is 0 Å². The third-order valence-corrected chi connectivity index (χ3v) is 7.81. The summed E-state index contributed by atoms with van der Waals surface area (Å²) in [7, 11) is 0. The van der Waals surface area contributed by atoms with Gasteiger partial charge in [0.2, 0.25) is 0 Å². The molecule has 1 aliphatic carbocycles. The zero-order valence-electron chi connectivity index (χ0n) is 19.2. The third-order valence-electron chi connectivity index (χ3n) is 7.81. The van der Waals surface area contributed by atoms with Gasteiger partial charge in [-0.25, -0.2) is 0 Å². The standard InChI is InChI=1S/C31H30/c1-21-13-12-18-26-24-16-9-11-20-28(24)31(4,5)30(2,3)27-19-10-8-15-23(27)22-14-6-7-17-25(22)29(21)26/h6-20H,1-5H3. The van der Waals surface area contributed by atoms with Crippen molar-refractivity contribution in [2.75, 3.05) is 0 Å². The van der Waals surface area contributed by atoms with Crippen molar-refractivity contribution in [3.8, 4) is 33.4 Å². The molecule has 4 aromatic rings.